The van der Waals surface area contributed by atoms with Crippen molar-refractivity contribution in [1.82, 2.24) is 19.5 Å². The van der Waals surface area contributed by atoms with Gasteiger partial charge in [-0.15, -0.1) is 0 Å². The van der Waals surface area contributed by atoms with Gasteiger partial charge in [0.1, 0.15) is 11.1 Å². The second-order valence-electron chi connectivity index (χ2n) is 20.3. The fraction of sp³-hybridized carbons (Fsp3) is 0.109. The number of hydrogen-bond donors (Lipinski definition) is 0. The molecule has 3 aromatic heterocycles. The van der Waals surface area contributed by atoms with Crippen LogP contribution in [0, 0.1) is 0 Å². The van der Waals surface area contributed by atoms with Crippen LogP contribution in [0.15, 0.2) is 214 Å². The predicted octanol–water partition coefficient (Wildman–Crippen LogP) is 15.2. The van der Waals surface area contributed by atoms with Crippen LogP contribution in [0.4, 0.5) is 0 Å². The normalized spacial score (nSPS) is 15.3. The van der Waals surface area contributed by atoms with E-state index in [1.807, 2.05) is 97.1 Å². The molecule has 0 atom stereocenters. The van der Waals surface area contributed by atoms with E-state index in [1.165, 1.54) is 22.3 Å². The minimum Gasteiger partial charge on any atom is -0.454 e. The first-order chi connectivity index (χ1) is 35.0. The summed E-state index contributed by atoms with van der Waals surface area (Å²) in [6.07, 6.45) is 0. The number of para-hydroxylation sites is 1. The average Bonchev–Trinajstić information content (AvgIpc) is 3.97. The van der Waals surface area contributed by atoms with E-state index < -0.39 is 15.3 Å². The maximum Gasteiger partial charge on any atom is 0.238 e. The van der Waals surface area contributed by atoms with Gasteiger partial charge in [-0.25, -0.2) is 13.4 Å². The fourth-order valence-corrected chi connectivity index (χ4v) is 14.0. The van der Waals surface area contributed by atoms with Crippen molar-refractivity contribution in [2.75, 3.05) is 0 Å². The number of furan rings is 1. The summed E-state index contributed by atoms with van der Waals surface area (Å²) in [5.41, 5.74) is 13.8. The molecule has 0 amide bonds. The zero-order chi connectivity index (χ0) is 48.7. The van der Waals surface area contributed by atoms with Crippen LogP contribution in [-0.4, -0.2) is 27.9 Å². The van der Waals surface area contributed by atoms with E-state index in [1.54, 1.807) is 6.07 Å². The Kier molecular flexibility index (Phi) is 9.00. The monoisotopic (exact) mass is 950 g/mol. The molecule has 0 spiro atoms. The lowest BCUT2D eigenvalue weighted by Crippen LogP contribution is -2.31. The lowest BCUT2D eigenvalue weighted by atomic mass is 9.63. The first-order valence-corrected chi connectivity index (χ1v) is 25.9. The Balaban J connectivity index is 0.950. The first kappa shape index (κ1) is 42.4. The first-order valence-electron chi connectivity index (χ1n) is 24.5. The lowest BCUT2D eigenvalue weighted by Gasteiger charge is -2.40. The fourth-order valence-electron chi connectivity index (χ4n) is 12.0. The van der Waals surface area contributed by atoms with Gasteiger partial charge in [0.2, 0.25) is 15.8 Å². The molecule has 2 aliphatic rings. The standard InChI is InChI=1S/C64H46N4O3S/c1-63(2)49-24-14-11-22-46(49)57(47-23-12-15-25-50(47)63)42-29-34-56-52(37-42)64(3,4)51-36-41(28-33-55(51)72(56,69)70)40-27-32-53-48(35-40)44-30-31-45-43-21-13-16-26-54(43)71-59(45)58(44)68(53)62-66-60(38-17-7-5-8-18-38)65-61(67-62)39-19-9-6-10-20-39/h5-37,57H,1-4H3. The smallest absolute Gasteiger partial charge is 0.238 e. The number of hydrogen-bond acceptors (Lipinski definition) is 6. The van der Waals surface area contributed by atoms with Crippen LogP contribution in [0.3, 0.4) is 0 Å². The van der Waals surface area contributed by atoms with E-state index >= 15 is 0 Å². The zero-order valence-corrected chi connectivity index (χ0v) is 40.9. The topological polar surface area (TPSA) is 90.9 Å². The Morgan fingerprint density at radius 3 is 1.68 bits per heavy atom. The molecule has 346 valence electrons. The summed E-state index contributed by atoms with van der Waals surface area (Å²) < 4.78 is 38.6. The van der Waals surface area contributed by atoms with Crippen molar-refractivity contribution in [2.45, 2.75) is 54.2 Å². The summed E-state index contributed by atoms with van der Waals surface area (Å²) in [6.45, 7) is 8.92. The summed E-state index contributed by atoms with van der Waals surface area (Å²) in [5.74, 6) is 1.52. The summed E-state index contributed by atoms with van der Waals surface area (Å²) in [4.78, 5) is 16.2. The van der Waals surface area contributed by atoms with Crippen LogP contribution >= 0.6 is 0 Å². The van der Waals surface area contributed by atoms with E-state index in [0.29, 0.717) is 27.4 Å². The van der Waals surface area contributed by atoms with Gasteiger partial charge < -0.3 is 4.42 Å². The molecule has 4 heterocycles. The Labute approximate surface area is 417 Å². The summed E-state index contributed by atoms with van der Waals surface area (Å²) in [7, 11) is -3.86. The highest BCUT2D eigenvalue weighted by molar-refractivity contribution is 7.91. The molecule has 8 heteroatoms. The number of aromatic nitrogens is 4. The molecule has 0 N–H and O–H groups in total. The van der Waals surface area contributed by atoms with Crippen LogP contribution < -0.4 is 0 Å². The molecular formula is C64H46N4O3S. The summed E-state index contributed by atoms with van der Waals surface area (Å²) in [6, 6.07) is 68.2. The zero-order valence-electron chi connectivity index (χ0n) is 40.1. The van der Waals surface area contributed by atoms with E-state index in [2.05, 4.69) is 129 Å². The minimum atomic E-state index is -3.86. The van der Waals surface area contributed by atoms with Crippen LogP contribution in [0.5, 0.6) is 0 Å². The number of benzene rings is 9. The molecule has 0 fully saturated rings. The molecule has 0 radical (unpaired) electrons. The lowest BCUT2D eigenvalue weighted by molar-refractivity contribution is 0.554. The van der Waals surface area contributed by atoms with Crippen molar-refractivity contribution in [3.05, 3.63) is 239 Å². The SMILES string of the molecule is CC1(C)c2ccccc2C(c2ccc3c(c2)C(C)(C)c2cc(-c4ccc5c(c4)c4ccc6c7ccccc7oc6c4n5-c4nc(-c5ccccc5)nc(-c5ccccc5)n4)ccc2S3(=O)=O)c2ccccc21. The van der Waals surface area contributed by atoms with Gasteiger partial charge in [0, 0.05) is 49.4 Å². The molecular weight excluding hydrogens is 905 g/mol. The van der Waals surface area contributed by atoms with Crippen molar-refractivity contribution < 1.29 is 12.8 Å². The largest absolute Gasteiger partial charge is 0.454 e. The Morgan fingerprint density at radius 1 is 0.458 bits per heavy atom. The summed E-state index contributed by atoms with van der Waals surface area (Å²) in [5, 5.41) is 3.96. The molecule has 7 nitrogen and oxygen atoms in total. The van der Waals surface area contributed by atoms with Gasteiger partial charge in [-0.3, -0.25) is 4.57 Å². The van der Waals surface area contributed by atoms with Gasteiger partial charge in [-0.05, 0) is 92.5 Å². The van der Waals surface area contributed by atoms with Crippen molar-refractivity contribution in [3.63, 3.8) is 0 Å². The van der Waals surface area contributed by atoms with E-state index in [9.17, 15) is 8.42 Å². The molecule has 1 aliphatic heterocycles. The molecule has 0 saturated carbocycles. The van der Waals surface area contributed by atoms with Gasteiger partial charge in [-0.2, -0.15) is 9.97 Å². The predicted molar refractivity (Wildman–Crippen MR) is 288 cm³/mol. The number of sulfone groups is 1. The molecule has 0 bridgehead atoms. The Morgan fingerprint density at radius 2 is 1.00 bits per heavy atom. The van der Waals surface area contributed by atoms with Crippen molar-refractivity contribution in [1.29, 1.82) is 0 Å². The van der Waals surface area contributed by atoms with Gasteiger partial charge in [0.05, 0.1) is 15.3 Å². The quantitative estimate of drug-likeness (QED) is 0.171. The third-order valence-electron chi connectivity index (χ3n) is 15.6. The van der Waals surface area contributed by atoms with Crippen LogP contribution in [0.25, 0.3) is 83.6 Å². The maximum absolute atomic E-state index is 14.8. The number of fused-ring (bicyclic) bond motifs is 11. The van der Waals surface area contributed by atoms with Crippen LogP contribution in [0.1, 0.15) is 72.6 Å². The van der Waals surface area contributed by atoms with Crippen LogP contribution in [-0.2, 0) is 20.7 Å². The molecule has 12 aromatic rings. The second kappa shape index (κ2) is 15.3. The van der Waals surface area contributed by atoms with Gasteiger partial charge in [0.25, 0.3) is 0 Å². The number of nitrogens with zero attached hydrogens (tertiary/aromatic N) is 4. The number of rotatable bonds is 5. The highest BCUT2D eigenvalue weighted by Gasteiger charge is 2.43. The Hall–Kier alpha value is -8.46. The van der Waals surface area contributed by atoms with Gasteiger partial charge in [0.15, 0.2) is 17.2 Å². The van der Waals surface area contributed by atoms with E-state index in [4.69, 9.17) is 19.4 Å². The summed E-state index contributed by atoms with van der Waals surface area (Å²) >= 11 is 0. The van der Waals surface area contributed by atoms with Crippen LogP contribution in [0.2, 0.25) is 0 Å². The van der Waals surface area contributed by atoms with E-state index in [0.717, 1.165) is 82.7 Å². The minimum absolute atomic E-state index is 0.0518. The van der Waals surface area contributed by atoms with Crippen molar-refractivity contribution >= 4 is 53.6 Å². The maximum atomic E-state index is 14.8. The Bertz CT molecular complexity index is 4250. The highest BCUT2D eigenvalue weighted by atomic mass is 32.2. The molecule has 0 saturated heterocycles. The highest BCUT2D eigenvalue weighted by Crippen LogP contribution is 2.52. The van der Waals surface area contributed by atoms with Gasteiger partial charge in [-0.1, -0.05) is 185 Å². The molecule has 72 heavy (non-hydrogen) atoms. The average molecular weight is 951 g/mol. The molecule has 9 aromatic carbocycles. The van der Waals surface area contributed by atoms with Crippen molar-refractivity contribution in [2.24, 2.45) is 0 Å². The third kappa shape index (κ3) is 6.08. The second-order valence-corrected chi connectivity index (χ2v) is 22.2. The molecule has 0 unspecified atom stereocenters. The van der Waals surface area contributed by atoms with Gasteiger partial charge >= 0.3 is 0 Å². The molecule has 14 rings (SSSR count). The third-order valence-corrected chi connectivity index (χ3v) is 17.5. The van der Waals surface area contributed by atoms with Crippen molar-refractivity contribution in [3.8, 4) is 39.9 Å². The molecule has 1 aliphatic carbocycles. The van der Waals surface area contributed by atoms with E-state index in [-0.39, 0.29) is 11.3 Å².